The van der Waals surface area contributed by atoms with Crippen molar-refractivity contribution < 1.29 is 28.3 Å². The molecule has 0 aliphatic carbocycles. The number of carboxylic acids is 1. The molecule has 41 heavy (non-hydrogen) atoms. The van der Waals surface area contributed by atoms with Crippen LogP contribution in [0, 0.1) is 0 Å². The number of carboxylic acid groups (broad SMARTS) is 1. The van der Waals surface area contributed by atoms with Gasteiger partial charge >= 0.3 is 5.97 Å². The number of aliphatic carboxylic acids is 1. The number of amides is 2. The minimum absolute atomic E-state index is 0.00706. The SMILES string of the molecule is CCCC1(C)NC(c2ccc(C(C)(C)C)cc2)C(=O)N1CC(CCC(F)F)c1ccc(C(=O)NCCC(=O)O)cc1. The van der Waals surface area contributed by atoms with Crippen LogP contribution in [0.15, 0.2) is 48.5 Å². The van der Waals surface area contributed by atoms with Crippen LogP contribution >= 0.6 is 0 Å². The van der Waals surface area contributed by atoms with Gasteiger partial charge in [-0.1, -0.05) is 70.5 Å². The molecular weight excluding hydrogens is 528 g/mol. The normalized spacial score (nSPS) is 20.0. The van der Waals surface area contributed by atoms with Crippen LogP contribution in [0.5, 0.6) is 0 Å². The largest absolute Gasteiger partial charge is 0.481 e. The van der Waals surface area contributed by atoms with Crippen LogP contribution in [0.25, 0.3) is 0 Å². The van der Waals surface area contributed by atoms with E-state index in [2.05, 4.69) is 50.5 Å². The Morgan fingerprint density at radius 3 is 2.24 bits per heavy atom. The molecule has 3 N–H and O–H groups in total. The van der Waals surface area contributed by atoms with E-state index >= 15 is 0 Å². The molecular formula is C32H43F2N3O4. The number of carbonyl (C=O) groups is 3. The van der Waals surface area contributed by atoms with E-state index in [1.807, 2.05) is 24.0 Å². The third kappa shape index (κ3) is 8.35. The monoisotopic (exact) mass is 571 g/mol. The average molecular weight is 572 g/mol. The summed E-state index contributed by atoms with van der Waals surface area (Å²) in [6.07, 6.45) is -1.25. The van der Waals surface area contributed by atoms with Crippen molar-refractivity contribution in [2.45, 2.75) is 96.2 Å². The van der Waals surface area contributed by atoms with Crippen molar-refractivity contribution in [3.05, 3.63) is 70.8 Å². The lowest BCUT2D eigenvalue weighted by Crippen LogP contribution is -2.51. The summed E-state index contributed by atoms with van der Waals surface area (Å²) in [4.78, 5) is 38.8. The van der Waals surface area contributed by atoms with Crippen LogP contribution in [0.1, 0.15) is 106 Å². The Hall–Kier alpha value is -3.33. The van der Waals surface area contributed by atoms with Gasteiger partial charge in [-0.3, -0.25) is 19.7 Å². The molecule has 1 aliphatic rings. The minimum Gasteiger partial charge on any atom is -0.481 e. The lowest BCUT2D eigenvalue weighted by Gasteiger charge is -2.37. The van der Waals surface area contributed by atoms with Gasteiger partial charge in [0.15, 0.2) is 0 Å². The lowest BCUT2D eigenvalue weighted by atomic mass is 9.86. The third-order valence-corrected chi connectivity index (χ3v) is 7.82. The lowest BCUT2D eigenvalue weighted by molar-refractivity contribution is -0.137. The molecule has 2 aromatic rings. The van der Waals surface area contributed by atoms with Gasteiger partial charge in [0.1, 0.15) is 6.04 Å². The Bertz CT molecular complexity index is 1190. The molecule has 0 bridgehead atoms. The quantitative estimate of drug-likeness (QED) is 0.274. The molecule has 0 saturated carbocycles. The molecule has 2 amide bonds. The number of carbonyl (C=O) groups excluding carboxylic acids is 2. The third-order valence-electron chi connectivity index (χ3n) is 7.82. The van der Waals surface area contributed by atoms with Gasteiger partial charge in [0.05, 0.1) is 12.1 Å². The summed E-state index contributed by atoms with van der Waals surface area (Å²) in [5, 5.41) is 14.9. The Morgan fingerprint density at radius 2 is 1.71 bits per heavy atom. The van der Waals surface area contributed by atoms with Crippen molar-refractivity contribution in [3.8, 4) is 0 Å². The fourth-order valence-electron chi connectivity index (χ4n) is 5.44. The molecule has 3 unspecified atom stereocenters. The van der Waals surface area contributed by atoms with Crippen LogP contribution in [0.4, 0.5) is 8.78 Å². The number of alkyl halides is 2. The summed E-state index contributed by atoms with van der Waals surface area (Å²) in [5.74, 6) is -1.86. The molecule has 224 valence electrons. The molecule has 0 aromatic heterocycles. The van der Waals surface area contributed by atoms with E-state index in [0.717, 1.165) is 17.5 Å². The van der Waals surface area contributed by atoms with E-state index in [0.29, 0.717) is 12.0 Å². The summed E-state index contributed by atoms with van der Waals surface area (Å²) < 4.78 is 26.7. The Morgan fingerprint density at radius 1 is 1.07 bits per heavy atom. The van der Waals surface area contributed by atoms with E-state index in [1.165, 1.54) is 5.56 Å². The minimum atomic E-state index is -2.47. The number of benzene rings is 2. The zero-order chi connectivity index (χ0) is 30.4. The zero-order valence-corrected chi connectivity index (χ0v) is 24.7. The summed E-state index contributed by atoms with van der Waals surface area (Å²) in [6, 6.07) is 14.2. The molecule has 1 saturated heterocycles. The van der Waals surface area contributed by atoms with Gasteiger partial charge in [0.2, 0.25) is 12.3 Å². The molecule has 1 heterocycles. The van der Waals surface area contributed by atoms with Gasteiger partial charge in [0.25, 0.3) is 5.91 Å². The van der Waals surface area contributed by atoms with Gasteiger partial charge < -0.3 is 15.3 Å². The van der Waals surface area contributed by atoms with Crippen molar-refractivity contribution >= 4 is 17.8 Å². The molecule has 1 aliphatic heterocycles. The highest BCUT2D eigenvalue weighted by Crippen LogP contribution is 2.37. The first-order valence-electron chi connectivity index (χ1n) is 14.3. The maximum atomic E-state index is 13.9. The first-order valence-corrected chi connectivity index (χ1v) is 14.3. The molecule has 3 atom stereocenters. The molecule has 3 rings (SSSR count). The number of nitrogens with zero attached hydrogens (tertiary/aromatic N) is 1. The predicted molar refractivity (Wildman–Crippen MR) is 155 cm³/mol. The smallest absolute Gasteiger partial charge is 0.305 e. The zero-order valence-electron chi connectivity index (χ0n) is 24.7. The summed E-state index contributed by atoms with van der Waals surface area (Å²) in [6.45, 7) is 10.7. The first-order chi connectivity index (χ1) is 19.2. The van der Waals surface area contributed by atoms with E-state index < -0.39 is 30.0 Å². The van der Waals surface area contributed by atoms with Crippen molar-refractivity contribution in [3.63, 3.8) is 0 Å². The highest BCUT2D eigenvalue weighted by molar-refractivity contribution is 5.94. The Labute approximate surface area is 241 Å². The van der Waals surface area contributed by atoms with Crippen LogP contribution in [-0.4, -0.2) is 53.0 Å². The van der Waals surface area contributed by atoms with Gasteiger partial charge in [0, 0.05) is 31.0 Å². The number of hydrogen-bond acceptors (Lipinski definition) is 4. The highest BCUT2D eigenvalue weighted by atomic mass is 19.3. The van der Waals surface area contributed by atoms with Crippen LogP contribution in [0.3, 0.4) is 0 Å². The predicted octanol–water partition coefficient (Wildman–Crippen LogP) is 6.01. The molecule has 7 nitrogen and oxygen atoms in total. The maximum absolute atomic E-state index is 13.9. The van der Waals surface area contributed by atoms with Gasteiger partial charge in [-0.2, -0.15) is 0 Å². The van der Waals surface area contributed by atoms with Crippen LogP contribution in [0.2, 0.25) is 0 Å². The number of halogens is 2. The maximum Gasteiger partial charge on any atom is 0.305 e. The van der Waals surface area contributed by atoms with E-state index in [9.17, 15) is 23.2 Å². The second-order valence-electron chi connectivity index (χ2n) is 12.1. The number of rotatable bonds is 13. The van der Waals surface area contributed by atoms with Crippen LogP contribution in [-0.2, 0) is 15.0 Å². The van der Waals surface area contributed by atoms with E-state index in [-0.39, 0.29) is 49.6 Å². The standard InChI is InChI=1S/C32H43F2N3O4/c1-6-18-32(5)36-28(22-11-14-25(15-12-22)31(2,3)4)30(41)37(32)20-24(13-16-26(33)34)21-7-9-23(10-8-21)29(40)35-19-17-27(38)39/h7-12,14-15,24,26,28,36H,6,13,16-20H2,1-5H3,(H,35,40)(H,38,39). The highest BCUT2D eigenvalue weighted by Gasteiger charge is 2.47. The molecule has 0 spiro atoms. The molecule has 0 radical (unpaired) electrons. The summed E-state index contributed by atoms with van der Waals surface area (Å²) >= 11 is 0. The van der Waals surface area contributed by atoms with Gasteiger partial charge in [-0.05, 0) is 54.0 Å². The Balaban J connectivity index is 1.85. The first kappa shape index (κ1) is 32.2. The number of hydrogen-bond donors (Lipinski definition) is 3. The van der Waals surface area contributed by atoms with Crippen molar-refractivity contribution in [1.82, 2.24) is 15.5 Å². The van der Waals surface area contributed by atoms with Gasteiger partial charge in [-0.25, -0.2) is 8.78 Å². The van der Waals surface area contributed by atoms with Crippen molar-refractivity contribution in [1.29, 1.82) is 0 Å². The topological polar surface area (TPSA) is 98.7 Å². The number of nitrogens with one attached hydrogen (secondary N) is 2. The Kier molecular flexibility index (Phi) is 10.6. The second-order valence-corrected chi connectivity index (χ2v) is 12.1. The van der Waals surface area contributed by atoms with Crippen molar-refractivity contribution in [2.24, 2.45) is 0 Å². The van der Waals surface area contributed by atoms with Gasteiger partial charge in [-0.15, -0.1) is 0 Å². The fraction of sp³-hybridized carbons (Fsp3) is 0.531. The molecule has 9 heteroatoms. The average Bonchev–Trinajstić information content (AvgIpc) is 3.15. The van der Waals surface area contributed by atoms with Crippen LogP contribution < -0.4 is 10.6 Å². The summed E-state index contributed by atoms with van der Waals surface area (Å²) in [7, 11) is 0. The fourth-order valence-corrected chi connectivity index (χ4v) is 5.44. The molecule has 1 fully saturated rings. The van der Waals surface area contributed by atoms with E-state index in [1.54, 1.807) is 24.3 Å². The van der Waals surface area contributed by atoms with Crippen molar-refractivity contribution in [2.75, 3.05) is 13.1 Å². The second kappa shape index (κ2) is 13.6. The van der Waals surface area contributed by atoms with E-state index in [4.69, 9.17) is 5.11 Å². The molecule has 2 aromatic carbocycles. The summed E-state index contributed by atoms with van der Waals surface area (Å²) in [5.41, 5.74) is 2.49.